The molecule has 0 radical (unpaired) electrons. The van der Waals surface area contributed by atoms with Crippen LogP contribution in [0.4, 0.5) is 20.2 Å². The number of hydrogen-bond donors (Lipinski definition) is 2. The number of halogens is 3. The van der Waals surface area contributed by atoms with Gasteiger partial charge in [-0.15, -0.1) is 0 Å². The summed E-state index contributed by atoms with van der Waals surface area (Å²) in [7, 11) is 0. The molecular formula is C15H13ClF2N2O. The summed E-state index contributed by atoms with van der Waals surface area (Å²) in [6.45, 7) is 2.53. The fourth-order valence-corrected chi connectivity index (χ4v) is 1.99. The van der Waals surface area contributed by atoms with Crippen LogP contribution in [0.25, 0.3) is 0 Å². The third-order valence-corrected chi connectivity index (χ3v) is 3.01. The van der Waals surface area contributed by atoms with E-state index in [4.69, 9.17) is 11.6 Å². The van der Waals surface area contributed by atoms with Gasteiger partial charge < -0.3 is 10.6 Å². The normalized spacial score (nSPS) is 10.3. The molecule has 110 valence electrons. The second kappa shape index (κ2) is 6.54. The lowest BCUT2D eigenvalue weighted by Crippen LogP contribution is -2.15. The number of rotatable bonds is 4. The Bertz CT molecular complexity index is 677. The Morgan fingerprint density at radius 2 is 1.90 bits per heavy atom. The first-order valence-electron chi connectivity index (χ1n) is 6.31. The van der Waals surface area contributed by atoms with Crippen molar-refractivity contribution < 1.29 is 13.6 Å². The molecule has 1 amide bonds. The second-order valence-electron chi connectivity index (χ2n) is 4.30. The third-order valence-electron chi connectivity index (χ3n) is 2.77. The van der Waals surface area contributed by atoms with Gasteiger partial charge in [-0.2, -0.15) is 0 Å². The van der Waals surface area contributed by atoms with Gasteiger partial charge >= 0.3 is 0 Å². The first-order chi connectivity index (χ1) is 10.0. The van der Waals surface area contributed by atoms with Crippen LogP contribution >= 0.6 is 11.6 Å². The average molecular weight is 311 g/mol. The number of amides is 1. The Kier molecular flexibility index (Phi) is 4.75. The van der Waals surface area contributed by atoms with Crippen molar-refractivity contribution in [2.24, 2.45) is 0 Å². The highest BCUT2D eigenvalue weighted by atomic mass is 35.5. The Labute approximate surface area is 125 Å². The summed E-state index contributed by atoms with van der Waals surface area (Å²) in [6.07, 6.45) is 0. The zero-order valence-corrected chi connectivity index (χ0v) is 12.0. The van der Waals surface area contributed by atoms with E-state index in [9.17, 15) is 13.6 Å². The van der Waals surface area contributed by atoms with E-state index >= 15 is 0 Å². The van der Waals surface area contributed by atoms with Crippen molar-refractivity contribution in [2.45, 2.75) is 6.92 Å². The summed E-state index contributed by atoms with van der Waals surface area (Å²) in [4.78, 5) is 12.2. The van der Waals surface area contributed by atoms with Crippen LogP contribution in [0, 0.1) is 11.6 Å². The molecule has 0 atom stereocenters. The molecule has 0 aromatic heterocycles. The maximum Gasteiger partial charge on any atom is 0.257 e. The van der Waals surface area contributed by atoms with Gasteiger partial charge in [-0.05, 0) is 37.3 Å². The molecule has 0 heterocycles. The van der Waals surface area contributed by atoms with Gasteiger partial charge in [0.25, 0.3) is 5.91 Å². The number of nitrogens with one attached hydrogen (secondary N) is 2. The van der Waals surface area contributed by atoms with E-state index in [0.29, 0.717) is 22.8 Å². The largest absolute Gasteiger partial charge is 0.385 e. The molecule has 0 fully saturated rings. The minimum Gasteiger partial charge on any atom is -0.385 e. The summed E-state index contributed by atoms with van der Waals surface area (Å²) in [6, 6.07) is 8.02. The molecule has 2 aromatic rings. The summed E-state index contributed by atoms with van der Waals surface area (Å²) in [5, 5.41) is 5.95. The van der Waals surface area contributed by atoms with E-state index in [1.807, 2.05) is 6.92 Å². The summed E-state index contributed by atoms with van der Waals surface area (Å²) < 4.78 is 26.0. The summed E-state index contributed by atoms with van der Waals surface area (Å²) in [5.41, 5.74) is 1.11. The highest BCUT2D eigenvalue weighted by Crippen LogP contribution is 2.22. The minimum absolute atomic E-state index is 0.168. The standard InChI is InChI=1S/C15H13ClF2N2O/c1-2-19-14-6-3-9(16)7-11(14)15(21)20-10-4-5-12(17)13(18)8-10/h3-8,19H,2H2,1H3,(H,20,21). The van der Waals surface area contributed by atoms with Gasteiger partial charge in [-0.1, -0.05) is 11.6 Å². The highest BCUT2D eigenvalue weighted by Gasteiger charge is 2.13. The van der Waals surface area contributed by atoms with E-state index in [1.165, 1.54) is 12.1 Å². The Hall–Kier alpha value is -2.14. The van der Waals surface area contributed by atoms with Crippen molar-refractivity contribution >= 4 is 28.9 Å². The zero-order valence-electron chi connectivity index (χ0n) is 11.2. The Balaban J connectivity index is 2.27. The van der Waals surface area contributed by atoms with Crippen molar-refractivity contribution in [3.63, 3.8) is 0 Å². The van der Waals surface area contributed by atoms with Gasteiger partial charge in [-0.3, -0.25) is 4.79 Å². The van der Waals surface area contributed by atoms with Gasteiger partial charge in [0.2, 0.25) is 0 Å². The topological polar surface area (TPSA) is 41.1 Å². The molecule has 0 saturated carbocycles. The molecule has 2 N–H and O–H groups in total. The molecule has 2 rings (SSSR count). The Morgan fingerprint density at radius 3 is 2.57 bits per heavy atom. The fourth-order valence-electron chi connectivity index (χ4n) is 1.82. The zero-order chi connectivity index (χ0) is 15.4. The van der Waals surface area contributed by atoms with Crippen LogP contribution < -0.4 is 10.6 Å². The number of carbonyl (C=O) groups excluding carboxylic acids is 1. The predicted octanol–water partition coefficient (Wildman–Crippen LogP) is 4.30. The van der Waals surface area contributed by atoms with Gasteiger partial charge in [0, 0.05) is 29.0 Å². The van der Waals surface area contributed by atoms with Gasteiger partial charge in [0.1, 0.15) is 0 Å². The number of anilines is 2. The van der Waals surface area contributed by atoms with Gasteiger partial charge in [0.15, 0.2) is 11.6 Å². The molecule has 0 spiro atoms. The molecular weight excluding hydrogens is 298 g/mol. The lowest BCUT2D eigenvalue weighted by Gasteiger charge is -2.11. The molecule has 0 aliphatic heterocycles. The highest BCUT2D eigenvalue weighted by molar-refractivity contribution is 6.31. The SMILES string of the molecule is CCNc1ccc(Cl)cc1C(=O)Nc1ccc(F)c(F)c1. The van der Waals surface area contributed by atoms with Crippen LogP contribution in [-0.4, -0.2) is 12.5 Å². The predicted molar refractivity (Wildman–Crippen MR) is 79.9 cm³/mol. The van der Waals surface area contributed by atoms with Crippen molar-refractivity contribution in [2.75, 3.05) is 17.2 Å². The van der Waals surface area contributed by atoms with Crippen molar-refractivity contribution in [1.82, 2.24) is 0 Å². The minimum atomic E-state index is -1.02. The monoisotopic (exact) mass is 310 g/mol. The molecule has 0 aliphatic rings. The molecule has 2 aromatic carbocycles. The summed E-state index contributed by atoms with van der Waals surface area (Å²) in [5.74, 6) is -2.45. The van der Waals surface area contributed by atoms with Crippen molar-refractivity contribution in [1.29, 1.82) is 0 Å². The van der Waals surface area contributed by atoms with Crippen LogP contribution in [-0.2, 0) is 0 Å². The van der Waals surface area contributed by atoms with Gasteiger partial charge in [-0.25, -0.2) is 8.78 Å². The van der Waals surface area contributed by atoms with E-state index in [1.54, 1.807) is 12.1 Å². The quantitative estimate of drug-likeness (QED) is 0.884. The van der Waals surface area contributed by atoms with Crippen LogP contribution in [0.15, 0.2) is 36.4 Å². The second-order valence-corrected chi connectivity index (χ2v) is 4.74. The summed E-state index contributed by atoms with van der Waals surface area (Å²) >= 11 is 5.89. The average Bonchev–Trinajstić information content (AvgIpc) is 2.45. The molecule has 6 heteroatoms. The Morgan fingerprint density at radius 1 is 1.14 bits per heavy atom. The lowest BCUT2D eigenvalue weighted by atomic mass is 10.1. The van der Waals surface area contributed by atoms with E-state index in [0.717, 1.165) is 12.1 Å². The maximum atomic E-state index is 13.1. The first-order valence-corrected chi connectivity index (χ1v) is 6.69. The van der Waals surface area contributed by atoms with E-state index < -0.39 is 17.5 Å². The number of carbonyl (C=O) groups is 1. The van der Waals surface area contributed by atoms with E-state index in [2.05, 4.69) is 10.6 Å². The van der Waals surface area contributed by atoms with Crippen LogP contribution in [0.1, 0.15) is 17.3 Å². The van der Waals surface area contributed by atoms with Crippen molar-refractivity contribution in [3.8, 4) is 0 Å². The number of benzene rings is 2. The molecule has 0 bridgehead atoms. The molecule has 0 aliphatic carbocycles. The fraction of sp³-hybridized carbons (Fsp3) is 0.133. The first kappa shape index (κ1) is 15.3. The lowest BCUT2D eigenvalue weighted by molar-refractivity contribution is 0.102. The van der Waals surface area contributed by atoms with E-state index in [-0.39, 0.29) is 5.69 Å². The molecule has 21 heavy (non-hydrogen) atoms. The third kappa shape index (κ3) is 3.70. The number of hydrogen-bond acceptors (Lipinski definition) is 2. The van der Waals surface area contributed by atoms with Crippen molar-refractivity contribution in [3.05, 3.63) is 58.6 Å². The molecule has 3 nitrogen and oxygen atoms in total. The van der Waals surface area contributed by atoms with Gasteiger partial charge in [0.05, 0.1) is 5.56 Å². The maximum absolute atomic E-state index is 13.1. The smallest absolute Gasteiger partial charge is 0.257 e. The molecule has 0 saturated heterocycles. The van der Waals surface area contributed by atoms with Crippen LogP contribution in [0.2, 0.25) is 5.02 Å². The van der Waals surface area contributed by atoms with Crippen LogP contribution in [0.5, 0.6) is 0 Å². The van der Waals surface area contributed by atoms with Crippen LogP contribution in [0.3, 0.4) is 0 Å². The molecule has 0 unspecified atom stereocenters.